The molecule has 2 atom stereocenters. The Labute approximate surface area is 149 Å². The topological polar surface area (TPSA) is 95.9 Å². The third-order valence-electron chi connectivity index (χ3n) is 5.03. The molecular weight excluding hydrogens is 318 g/mol. The predicted octanol–water partition coefficient (Wildman–Crippen LogP) is -0.672. The first-order valence-electron chi connectivity index (χ1n) is 9.25. The van der Waals surface area contributed by atoms with E-state index >= 15 is 0 Å². The number of hydrogen-bond acceptors (Lipinski definition) is 5. The molecule has 136 valence electrons. The van der Waals surface area contributed by atoms with Crippen molar-refractivity contribution in [2.45, 2.75) is 38.3 Å². The number of aromatic nitrogens is 1. The Hall–Kier alpha value is -1.88. The SMILES string of the molecule is C[NH+]1CCc2c(C#N)c(NCCCO)[nH+]c(NC[C@@H]3CCCO3)c2C1. The second-order valence-corrected chi connectivity index (χ2v) is 6.97. The minimum absolute atomic E-state index is 0.137. The van der Waals surface area contributed by atoms with E-state index < -0.39 is 0 Å². The van der Waals surface area contributed by atoms with E-state index in [1.165, 1.54) is 10.5 Å². The molecule has 0 saturated carbocycles. The van der Waals surface area contributed by atoms with Gasteiger partial charge in [0.15, 0.2) is 0 Å². The van der Waals surface area contributed by atoms with E-state index in [1.54, 1.807) is 0 Å². The fraction of sp³-hybridized carbons (Fsp3) is 0.667. The number of nitrogens with one attached hydrogen (secondary N) is 4. The summed E-state index contributed by atoms with van der Waals surface area (Å²) < 4.78 is 5.72. The lowest BCUT2D eigenvalue weighted by molar-refractivity contribution is -0.895. The molecule has 0 amide bonds. The number of hydrogen-bond donors (Lipinski definition) is 4. The Morgan fingerprint density at radius 3 is 2.96 bits per heavy atom. The van der Waals surface area contributed by atoms with Crippen molar-refractivity contribution < 1.29 is 19.7 Å². The third-order valence-corrected chi connectivity index (χ3v) is 5.03. The van der Waals surface area contributed by atoms with Crippen molar-refractivity contribution >= 4 is 11.6 Å². The van der Waals surface area contributed by atoms with Crippen LogP contribution in [0.3, 0.4) is 0 Å². The lowest BCUT2D eigenvalue weighted by atomic mass is 9.96. The van der Waals surface area contributed by atoms with Crippen LogP contribution in [-0.2, 0) is 17.7 Å². The highest BCUT2D eigenvalue weighted by Crippen LogP contribution is 2.26. The predicted molar refractivity (Wildman–Crippen MR) is 94.5 cm³/mol. The number of aliphatic hydroxyl groups excluding tert-OH is 1. The lowest BCUT2D eigenvalue weighted by Gasteiger charge is -2.24. The molecule has 5 N–H and O–H groups in total. The van der Waals surface area contributed by atoms with Gasteiger partial charge in [-0.05, 0) is 18.4 Å². The number of likely N-dealkylation sites (N-methyl/N-ethyl adjacent to an activating group) is 1. The Bertz CT molecular complexity index is 637. The summed E-state index contributed by atoms with van der Waals surface area (Å²) in [6, 6.07) is 2.37. The summed E-state index contributed by atoms with van der Waals surface area (Å²) >= 11 is 0. The van der Waals surface area contributed by atoms with Crippen molar-refractivity contribution in [3.05, 3.63) is 16.7 Å². The summed E-state index contributed by atoms with van der Waals surface area (Å²) in [6.07, 6.45) is 4.04. The van der Waals surface area contributed by atoms with Crippen LogP contribution >= 0.6 is 0 Å². The minimum atomic E-state index is 0.137. The van der Waals surface area contributed by atoms with Crippen LogP contribution in [0.5, 0.6) is 0 Å². The number of fused-ring (bicyclic) bond motifs is 1. The molecule has 0 aliphatic carbocycles. The van der Waals surface area contributed by atoms with Gasteiger partial charge in [-0.3, -0.25) is 0 Å². The number of H-pyrrole nitrogens is 1. The summed E-state index contributed by atoms with van der Waals surface area (Å²) in [7, 11) is 2.19. The number of anilines is 2. The van der Waals surface area contributed by atoms with Crippen LogP contribution in [0.15, 0.2) is 0 Å². The first-order chi connectivity index (χ1) is 12.2. The van der Waals surface area contributed by atoms with E-state index in [0.717, 1.165) is 62.7 Å². The number of quaternary nitrogens is 1. The molecule has 25 heavy (non-hydrogen) atoms. The lowest BCUT2D eigenvalue weighted by Crippen LogP contribution is -3.08. The van der Waals surface area contributed by atoms with Crippen molar-refractivity contribution in [2.24, 2.45) is 0 Å². The highest BCUT2D eigenvalue weighted by molar-refractivity contribution is 5.60. The number of nitrogens with zero attached hydrogens (tertiary/aromatic N) is 1. The summed E-state index contributed by atoms with van der Waals surface area (Å²) in [5.74, 6) is 1.75. The van der Waals surface area contributed by atoms with Crippen molar-refractivity contribution in [1.29, 1.82) is 5.26 Å². The molecule has 0 bridgehead atoms. The standard InChI is InChI=1S/C18H27N5O2/c1-23-7-5-14-15(10-19)17(20-6-3-8-24)22-18(16(14)12-23)21-11-13-4-2-9-25-13/h13,24H,2-9,11-12H2,1H3,(H2,20,21,22)/p+2/t13-/m0/s1. The second kappa shape index (κ2) is 8.48. The summed E-state index contributed by atoms with van der Waals surface area (Å²) in [6.45, 7) is 4.35. The number of pyridine rings is 1. The molecule has 3 rings (SSSR count). The zero-order chi connectivity index (χ0) is 17.6. The zero-order valence-corrected chi connectivity index (χ0v) is 15.0. The molecule has 7 heteroatoms. The molecule has 1 unspecified atom stereocenters. The average molecular weight is 347 g/mol. The molecule has 2 aliphatic rings. The number of ether oxygens (including phenoxy) is 1. The number of rotatable bonds is 7. The molecule has 2 aliphatic heterocycles. The van der Waals surface area contributed by atoms with E-state index in [9.17, 15) is 5.26 Å². The van der Waals surface area contributed by atoms with Crippen LogP contribution in [0, 0.1) is 11.3 Å². The molecule has 1 saturated heterocycles. The van der Waals surface area contributed by atoms with Gasteiger partial charge in [0.25, 0.3) is 0 Å². The van der Waals surface area contributed by atoms with Crippen molar-refractivity contribution in [1.82, 2.24) is 0 Å². The Morgan fingerprint density at radius 2 is 2.24 bits per heavy atom. The molecule has 1 aromatic rings. The van der Waals surface area contributed by atoms with E-state index in [1.807, 2.05) is 0 Å². The molecule has 0 spiro atoms. The zero-order valence-electron chi connectivity index (χ0n) is 15.0. The smallest absolute Gasteiger partial charge is 0.237 e. The maximum atomic E-state index is 9.68. The minimum Gasteiger partial charge on any atom is -0.396 e. The van der Waals surface area contributed by atoms with Gasteiger partial charge in [0.05, 0.1) is 38.3 Å². The molecular formula is C18H29N5O2+2. The number of nitriles is 1. The van der Waals surface area contributed by atoms with Gasteiger partial charge in [-0.15, -0.1) is 0 Å². The summed E-state index contributed by atoms with van der Waals surface area (Å²) in [4.78, 5) is 4.85. The van der Waals surface area contributed by atoms with E-state index in [2.05, 4.69) is 28.7 Å². The summed E-state index contributed by atoms with van der Waals surface area (Å²) in [5, 5.41) is 25.5. The molecule has 0 radical (unpaired) electrons. The molecule has 7 nitrogen and oxygen atoms in total. The van der Waals surface area contributed by atoms with Crippen LogP contribution in [0.1, 0.15) is 36.0 Å². The molecule has 0 aromatic carbocycles. The van der Waals surface area contributed by atoms with Crippen molar-refractivity contribution in [3.63, 3.8) is 0 Å². The van der Waals surface area contributed by atoms with Gasteiger partial charge >= 0.3 is 0 Å². The monoisotopic (exact) mass is 347 g/mol. The first-order valence-corrected chi connectivity index (χ1v) is 9.25. The highest BCUT2D eigenvalue weighted by atomic mass is 16.5. The van der Waals surface area contributed by atoms with E-state index in [4.69, 9.17) is 9.84 Å². The maximum Gasteiger partial charge on any atom is 0.237 e. The summed E-state index contributed by atoms with van der Waals surface area (Å²) in [5.41, 5.74) is 3.07. The molecule has 1 aromatic heterocycles. The maximum absolute atomic E-state index is 9.68. The highest BCUT2D eigenvalue weighted by Gasteiger charge is 2.29. The van der Waals surface area contributed by atoms with Crippen LogP contribution in [0.4, 0.5) is 11.6 Å². The van der Waals surface area contributed by atoms with E-state index in [0.29, 0.717) is 18.5 Å². The second-order valence-electron chi connectivity index (χ2n) is 6.97. The van der Waals surface area contributed by atoms with Gasteiger partial charge in [0.1, 0.15) is 18.2 Å². The number of aromatic amines is 1. The van der Waals surface area contributed by atoms with Gasteiger partial charge in [-0.25, -0.2) is 4.98 Å². The van der Waals surface area contributed by atoms with Gasteiger partial charge in [0.2, 0.25) is 11.6 Å². The van der Waals surface area contributed by atoms with Crippen LogP contribution in [-0.4, -0.2) is 51.1 Å². The Kier molecular flexibility index (Phi) is 6.08. The fourth-order valence-corrected chi connectivity index (χ4v) is 3.64. The van der Waals surface area contributed by atoms with Crippen LogP contribution in [0.2, 0.25) is 0 Å². The Morgan fingerprint density at radius 1 is 1.36 bits per heavy atom. The van der Waals surface area contributed by atoms with Gasteiger partial charge in [-0.1, -0.05) is 0 Å². The number of aliphatic hydroxyl groups is 1. The van der Waals surface area contributed by atoms with Gasteiger partial charge < -0.3 is 25.4 Å². The molecule has 1 fully saturated rings. The third kappa shape index (κ3) is 4.21. The van der Waals surface area contributed by atoms with Gasteiger partial charge in [0, 0.05) is 26.1 Å². The fourth-order valence-electron chi connectivity index (χ4n) is 3.64. The van der Waals surface area contributed by atoms with Gasteiger partial charge in [-0.2, -0.15) is 5.26 Å². The average Bonchev–Trinajstić information content (AvgIpc) is 3.13. The van der Waals surface area contributed by atoms with Crippen LogP contribution in [0.25, 0.3) is 0 Å². The van der Waals surface area contributed by atoms with Crippen LogP contribution < -0.4 is 20.5 Å². The van der Waals surface area contributed by atoms with Crippen molar-refractivity contribution in [2.75, 3.05) is 50.5 Å². The molecule has 3 heterocycles. The quantitative estimate of drug-likeness (QED) is 0.491. The largest absolute Gasteiger partial charge is 0.396 e. The van der Waals surface area contributed by atoms with Crippen molar-refractivity contribution in [3.8, 4) is 6.07 Å². The van der Waals surface area contributed by atoms with E-state index in [-0.39, 0.29) is 12.7 Å². The first kappa shape index (κ1) is 17.9. The normalized spacial score (nSPS) is 22.3. The Balaban J connectivity index is 1.87.